The minimum Gasteiger partial charge on any atom is -0.465 e. The van der Waals surface area contributed by atoms with Gasteiger partial charge in [-0.05, 0) is 11.4 Å². The van der Waals surface area contributed by atoms with E-state index in [2.05, 4.69) is 10.1 Å². The van der Waals surface area contributed by atoms with E-state index >= 15 is 0 Å². The standard InChI is InChI=1S/C8H12N2O2S/c1-12-8(11)7-6(2-5-13-7)10-4-3-9/h2,5,10H,3-4,9H2,1H3. The molecule has 0 aromatic carbocycles. The molecule has 1 heterocycles. The van der Waals surface area contributed by atoms with Crippen LogP contribution in [-0.2, 0) is 4.74 Å². The number of nitrogens with one attached hydrogen (secondary N) is 1. The van der Waals surface area contributed by atoms with Gasteiger partial charge in [-0.25, -0.2) is 4.79 Å². The van der Waals surface area contributed by atoms with Gasteiger partial charge in [0.25, 0.3) is 0 Å². The zero-order valence-corrected chi connectivity index (χ0v) is 8.19. The summed E-state index contributed by atoms with van der Waals surface area (Å²) in [6, 6.07) is 1.84. The summed E-state index contributed by atoms with van der Waals surface area (Å²) in [6.45, 7) is 1.19. The first-order valence-electron chi connectivity index (χ1n) is 3.89. The lowest BCUT2D eigenvalue weighted by atomic mass is 10.4. The smallest absolute Gasteiger partial charge is 0.350 e. The van der Waals surface area contributed by atoms with E-state index in [0.29, 0.717) is 18.0 Å². The van der Waals surface area contributed by atoms with Crippen LogP contribution in [0.25, 0.3) is 0 Å². The summed E-state index contributed by atoms with van der Waals surface area (Å²) in [7, 11) is 1.37. The highest BCUT2D eigenvalue weighted by molar-refractivity contribution is 7.12. The third-order valence-electron chi connectivity index (χ3n) is 1.50. The molecule has 0 amide bonds. The summed E-state index contributed by atoms with van der Waals surface area (Å²) >= 11 is 1.35. The average molecular weight is 200 g/mol. The van der Waals surface area contributed by atoms with Crippen LogP contribution in [0.15, 0.2) is 11.4 Å². The Morgan fingerprint density at radius 1 is 1.77 bits per heavy atom. The fourth-order valence-electron chi connectivity index (χ4n) is 0.906. The van der Waals surface area contributed by atoms with Gasteiger partial charge in [-0.2, -0.15) is 0 Å². The first-order valence-corrected chi connectivity index (χ1v) is 4.77. The Hall–Kier alpha value is -1.07. The zero-order chi connectivity index (χ0) is 9.68. The van der Waals surface area contributed by atoms with Crippen LogP contribution >= 0.6 is 11.3 Å². The molecule has 1 aromatic heterocycles. The van der Waals surface area contributed by atoms with E-state index in [0.717, 1.165) is 5.69 Å². The molecule has 4 nitrogen and oxygen atoms in total. The first kappa shape index (κ1) is 10.0. The lowest BCUT2D eigenvalue weighted by Gasteiger charge is -2.03. The molecule has 0 saturated heterocycles. The molecule has 0 fully saturated rings. The molecule has 0 atom stereocenters. The van der Waals surface area contributed by atoms with Gasteiger partial charge >= 0.3 is 5.97 Å². The lowest BCUT2D eigenvalue weighted by molar-refractivity contribution is 0.0607. The van der Waals surface area contributed by atoms with Gasteiger partial charge in [0.05, 0.1) is 12.8 Å². The second-order valence-corrected chi connectivity index (χ2v) is 3.29. The Bertz CT molecular complexity index is 285. The predicted octanol–water partition coefficient (Wildman–Crippen LogP) is 0.905. The normalized spacial score (nSPS) is 9.69. The Morgan fingerprint density at radius 2 is 2.54 bits per heavy atom. The summed E-state index contributed by atoms with van der Waals surface area (Å²) in [5.74, 6) is -0.311. The number of ether oxygens (including phenoxy) is 1. The lowest BCUT2D eigenvalue weighted by Crippen LogP contribution is -2.14. The van der Waals surface area contributed by atoms with Crippen LogP contribution < -0.4 is 11.1 Å². The fourth-order valence-corrected chi connectivity index (χ4v) is 1.69. The van der Waals surface area contributed by atoms with Crippen molar-refractivity contribution in [2.45, 2.75) is 0 Å². The van der Waals surface area contributed by atoms with Crippen molar-refractivity contribution in [3.05, 3.63) is 16.3 Å². The third-order valence-corrected chi connectivity index (χ3v) is 2.39. The van der Waals surface area contributed by atoms with Gasteiger partial charge in [0, 0.05) is 13.1 Å². The Morgan fingerprint density at radius 3 is 3.15 bits per heavy atom. The molecule has 1 rings (SSSR count). The molecule has 13 heavy (non-hydrogen) atoms. The largest absolute Gasteiger partial charge is 0.465 e. The summed E-state index contributed by atoms with van der Waals surface area (Å²) in [5.41, 5.74) is 6.12. The van der Waals surface area contributed by atoms with Crippen molar-refractivity contribution >= 4 is 23.0 Å². The Balaban J connectivity index is 2.71. The molecule has 0 aliphatic heterocycles. The summed E-state index contributed by atoms with van der Waals surface area (Å²) in [5, 5.41) is 4.88. The van der Waals surface area contributed by atoms with Gasteiger partial charge in [0.1, 0.15) is 4.88 Å². The molecule has 1 aromatic rings. The quantitative estimate of drug-likeness (QED) is 0.709. The maximum absolute atomic E-state index is 11.2. The van der Waals surface area contributed by atoms with Gasteiger partial charge in [-0.15, -0.1) is 11.3 Å². The zero-order valence-electron chi connectivity index (χ0n) is 7.37. The minimum atomic E-state index is -0.311. The molecule has 0 saturated carbocycles. The van der Waals surface area contributed by atoms with E-state index in [1.165, 1.54) is 18.4 Å². The molecular formula is C8H12N2O2S. The fraction of sp³-hybridized carbons (Fsp3) is 0.375. The van der Waals surface area contributed by atoms with E-state index in [1.54, 1.807) is 0 Å². The highest BCUT2D eigenvalue weighted by Crippen LogP contribution is 2.22. The molecule has 0 aliphatic rings. The predicted molar refractivity (Wildman–Crippen MR) is 53.2 cm³/mol. The summed E-state index contributed by atoms with van der Waals surface area (Å²) in [4.78, 5) is 11.8. The van der Waals surface area contributed by atoms with Crippen molar-refractivity contribution in [2.75, 3.05) is 25.5 Å². The molecule has 0 bridgehead atoms. The van der Waals surface area contributed by atoms with Crippen LogP contribution in [0.5, 0.6) is 0 Å². The molecule has 5 heteroatoms. The van der Waals surface area contributed by atoms with Crippen LogP contribution in [0.3, 0.4) is 0 Å². The highest BCUT2D eigenvalue weighted by atomic mass is 32.1. The monoisotopic (exact) mass is 200 g/mol. The second kappa shape index (κ2) is 4.84. The van der Waals surface area contributed by atoms with Crippen LogP contribution in [0, 0.1) is 0 Å². The molecular weight excluding hydrogens is 188 g/mol. The van der Waals surface area contributed by atoms with Crippen LogP contribution in [0.2, 0.25) is 0 Å². The van der Waals surface area contributed by atoms with Gasteiger partial charge in [0.15, 0.2) is 0 Å². The number of methoxy groups -OCH3 is 1. The number of rotatable bonds is 4. The number of esters is 1. The Labute approximate surface area is 80.7 Å². The van der Waals surface area contributed by atoms with Crippen molar-refractivity contribution < 1.29 is 9.53 Å². The summed E-state index contributed by atoms with van der Waals surface area (Å²) < 4.78 is 4.62. The number of carbonyl (C=O) groups is 1. The third kappa shape index (κ3) is 2.43. The average Bonchev–Trinajstić information content (AvgIpc) is 2.61. The van der Waals surface area contributed by atoms with Crippen molar-refractivity contribution in [3.63, 3.8) is 0 Å². The number of carbonyl (C=O) groups excluding carboxylic acids is 1. The molecule has 3 N–H and O–H groups in total. The SMILES string of the molecule is COC(=O)c1sccc1NCCN. The second-order valence-electron chi connectivity index (χ2n) is 2.37. The molecule has 0 radical (unpaired) electrons. The van der Waals surface area contributed by atoms with E-state index < -0.39 is 0 Å². The van der Waals surface area contributed by atoms with Crippen LogP contribution in [0.4, 0.5) is 5.69 Å². The van der Waals surface area contributed by atoms with Crippen LogP contribution in [0.1, 0.15) is 9.67 Å². The number of thiophene rings is 1. The highest BCUT2D eigenvalue weighted by Gasteiger charge is 2.12. The van der Waals surface area contributed by atoms with Gasteiger partial charge < -0.3 is 15.8 Å². The molecule has 0 aliphatic carbocycles. The van der Waals surface area contributed by atoms with Gasteiger partial charge in [-0.3, -0.25) is 0 Å². The van der Waals surface area contributed by atoms with Crippen LogP contribution in [-0.4, -0.2) is 26.2 Å². The summed E-state index contributed by atoms with van der Waals surface area (Å²) in [6.07, 6.45) is 0. The first-order chi connectivity index (χ1) is 6.29. The molecule has 72 valence electrons. The van der Waals surface area contributed by atoms with Crippen molar-refractivity contribution in [3.8, 4) is 0 Å². The molecule has 0 spiro atoms. The maximum atomic E-state index is 11.2. The van der Waals surface area contributed by atoms with E-state index in [9.17, 15) is 4.79 Å². The van der Waals surface area contributed by atoms with Crippen molar-refractivity contribution in [1.82, 2.24) is 0 Å². The van der Waals surface area contributed by atoms with E-state index in [1.807, 2.05) is 11.4 Å². The van der Waals surface area contributed by atoms with Gasteiger partial charge in [-0.1, -0.05) is 0 Å². The number of nitrogens with two attached hydrogens (primary N) is 1. The minimum absolute atomic E-state index is 0.311. The number of hydrogen-bond acceptors (Lipinski definition) is 5. The Kier molecular flexibility index (Phi) is 3.72. The van der Waals surface area contributed by atoms with E-state index in [4.69, 9.17) is 5.73 Å². The topological polar surface area (TPSA) is 64.3 Å². The number of hydrogen-bond donors (Lipinski definition) is 2. The maximum Gasteiger partial charge on any atom is 0.350 e. The van der Waals surface area contributed by atoms with Crippen molar-refractivity contribution in [2.24, 2.45) is 5.73 Å². The van der Waals surface area contributed by atoms with Crippen molar-refractivity contribution in [1.29, 1.82) is 0 Å². The van der Waals surface area contributed by atoms with E-state index in [-0.39, 0.29) is 5.97 Å². The van der Waals surface area contributed by atoms with Gasteiger partial charge in [0.2, 0.25) is 0 Å². The number of anilines is 1. The molecule has 0 unspecified atom stereocenters.